The van der Waals surface area contributed by atoms with Gasteiger partial charge in [0.25, 0.3) is 5.91 Å². The molecule has 188 valence electrons. The summed E-state index contributed by atoms with van der Waals surface area (Å²) in [6.07, 6.45) is 1.56. The van der Waals surface area contributed by atoms with Crippen LogP contribution in [-0.2, 0) is 19.6 Å². The standard InChI is InChI=1S/C29H21F2N5OS/c30-26-9-8-24(27(31)13-26)16-35(29(37)23-3-1-2-22(12-23)25-10-11-38-18-25)17-28-34-33-19-36(28)15-21-6-4-20(14-32)5-7-21/h1-13,18-19H,15-17H2. The zero-order chi connectivity index (χ0) is 26.5. The van der Waals surface area contributed by atoms with E-state index < -0.39 is 11.6 Å². The number of carbonyl (C=O) groups is 1. The minimum absolute atomic E-state index is 0.0502. The van der Waals surface area contributed by atoms with E-state index in [1.807, 2.05) is 41.1 Å². The predicted octanol–water partition coefficient (Wildman–Crippen LogP) is 6.05. The second kappa shape index (κ2) is 11.2. The molecule has 3 aromatic carbocycles. The topological polar surface area (TPSA) is 74.8 Å². The second-order valence-electron chi connectivity index (χ2n) is 8.67. The molecule has 6 nitrogen and oxygen atoms in total. The average Bonchev–Trinajstić information content (AvgIpc) is 3.63. The van der Waals surface area contributed by atoms with Crippen molar-refractivity contribution >= 4 is 17.2 Å². The highest BCUT2D eigenvalue weighted by atomic mass is 32.1. The number of nitrogens with zero attached hydrogens (tertiary/aromatic N) is 5. The highest BCUT2D eigenvalue weighted by molar-refractivity contribution is 7.08. The number of hydrogen-bond acceptors (Lipinski definition) is 5. The number of benzene rings is 3. The Labute approximate surface area is 222 Å². The third kappa shape index (κ3) is 5.66. The largest absolute Gasteiger partial charge is 0.327 e. The van der Waals surface area contributed by atoms with Crippen molar-refractivity contribution in [2.24, 2.45) is 0 Å². The summed E-state index contributed by atoms with van der Waals surface area (Å²) in [5.74, 6) is -1.23. The fourth-order valence-corrected chi connectivity index (χ4v) is 4.75. The molecule has 0 bridgehead atoms. The quantitative estimate of drug-likeness (QED) is 0.247. The molecule has 0 saturated heterocycles. The maximum atomic E-state index is 14.6. The van der Waals surface area contributed by atoms with Crippen LogP contribution in [0, 0.1) is 23.0 Å². The van der Waals surface area contributed by atoms with E-state index in [4.69, 9.17) is 5.26 Å². The van der Waals surface area contributed by atoms with Gasteiger partial charge >= 0.3 is 0 Å². The molecule has 5 rings (SSSR count). The lowest BCUT2D eigenvalue weighted by Gasteiger charge is -2.23. The molecular weight excluding hydrogens is 504 g/mol. The van der Waals surface area contributed by atoms with E-state index in [2.05, 4.69) is 16.3 Å². The summed E-state index contributed by atoms with van der Waals surface area (Å²) in [4.78, 5) is 15.2. The highest BCUT2D eigenvalue weighted by Crippen LogP contribution is 2.24. The number of amides is 1. The van der Waals surface area contributed by atoms with E-state index in [-0.39, 0.29) is 24.6 Å². The molecule has 0 atom stereocenters. The molecule has 0 aliphatic carbocycles. The molecule has 0 unspecified atom stereocenters. The van der Waals surface area contributed by atoms with Gasteiger partial charge in [0.15, 0.2) is 5.82 Å². The van der Waals surface area contributed by atoms with Crippen LogP contribution >= 0.6 is 11.3 Å². The van der Waals surface area contributed by atoms with Gasteiger partial charge in [-0.1, -0.05) is 30.3 Å². The number of halogens is 2. The third-order valence-electron chi connectivity index (χ3n) is 6.09. The summed E-state index contributed by atoms with van der Waals surface area (Å²) in [7, 11) is 0. The lowest BCUT2D eigenvalue weighted by molar-refractivity contribution is 0.0722. The van der Waals surface area contributed by atoms with Crippen molar-refractivity contribution in [1.82, 2.24) is 19.7 Å². The molecule has 0 aliphatic heterocycles. The monoisotopic (exact) mass is 525 g/mol. The Balaban J connectivity index is 1.45. The van der Waals surface area contributed by atoms with Crippen molar-refractivity contribution in [2.45, 2.75) is 19.6 Å². The molecular formula is C29H21F2N5OS. The number of carbonyl (C=O) groups excluding carboxylic acids is 1. The van der Waals surface area contributed by atoms with E-state index >= 15 is 0 Å². The van der Waals surface area contributed by atoms with Crippen molar-refractivity contribution in [1.29, 1.82) is 5.26 Å². The van der Waals surface area contributed by atoms with E-state index in [9.17, 15) is 13.6 Å². The van der Waals surface area contributed by atoms with Crippen LogP contribution in [0.1, 0.15) is 32.9 Å². The number of nitriles is 1. The van der Waals surface area contributed by atoms with Crippen molar-refractivity contribution in [3.63, 3.8) is 0 Å². The van der Waals surface area contributed by atoms with Crippen LogP contribution in [0.15, 0.2) is 89.9 Å². The van der Waals surface area contributed by atoms with Gasteiger partial charge in [0.2, 0.25) is 0 Å². The van der Waals surface area contributed by atoms with Crippen LogP contribution in [0.4, 0.5) is 8.78 Å². The van der Waals surface area contributed by atoms with Crippen LogP contribution in [-0.4, -0.2) is 25.6 Å². The summed E-state index contributed by atoms with van der Waals surface area (Å²) in [6, 6.07) is 21.8. The van der Waals surface area contributed by atoms with Crippen molar-refractivity contribution in [2.75, 3.05) is 0 Å². The Morgan fingerprint density at radius 1 is 1.00 bits per heavy atom. The van der Waals surface area contributed by atoms with Gasteiger partial charge in [0, 0.05) is 23.7 Å². The summed E-state index contributed by atoms with van der Waals surface area (Å²) in [6.45, 7) is 0.389. The maximum absolute atomic E-state index is 14.6. The Kier molecular flexibility index (Phi) is 7.33. The zero-order valence-corrected chi connectivity index (χ0v) is 20.9. The highest BCUT2D eigenvalue weighted by Gasteiger charge is 2.21. The fraction of sp³-hybridized carbons (Fsp3) is 0.103. The SMILES string of the molecule is N#Cc1ccc(Cn2cnnc2CN(Cc2ccc(F)cc2F)C(=O)c2cccc(-c3ccsc3)c2)cc1. The number of hydrogen-bond donors (Lipinski definition) is 0. The minimum atomic E-state index is -0.728. The Morgan fingerprint density at radius 3 is 2.58 bits per heavy atom. The van der Waals surface area contributed by atoms with Gasteiger partial charge in [-0.25, -0.2) is 8.78 Å². The number of aromatic nitrogens is 3. The van der Waals surface area contributed by atoms with Gasteiger partial charge in [0.1, 0.15) is 18.0 Å². The Hall–Kier alpha value is -4.68. The summed E-state index contributed by atoms with van der Waals surface area (Å²) in [5, 5.41) is 21.2. The molecule has 9 heteroatoms. The first-order chi connectivity index (χ1) is 18.5. The van der Waals surface area contributed by atoms with Crippen LogP contribution in [0.3, 0.4) is 0 Å². The Bertz CT molecular complexity index is 1610. The first kappa shape index (κ1) is 25.0. The molecule has 1 amide bonds. The van der Waals surface area contributed by atoms with E-state index in [0.29, 0.717) is 23.5 Å². The third-order valence-corrected chi connectivity index (χ3v) is 6.77. The van der Waals surface area contributed by atoms with Gasteiger partial charge in [0.05, 0.1) is 24.7 Å². The van der Waals surface area contributed by atoms with Gasteiger partial charge in [-0.3, -0.25) is 4.79 Å². The van der Waals surface area contributed by atoms with E-state index in [1.54, 1.807) is 46.5 Å². The summed E-state index contributed by atoms with van der Waals surface area (Å²) < 4.78 is 29.9. The normalized spacial score (nSPS) is 10.8. The smallest absolute Gasteiger partial charge is 0.254 e. The van der Waals surface area contributed by atoms with E-state index in [0.717, 1.165) is 22.8 Å². The number of thiophene rings is 1. The number of rotatable bonds is 8. The molecule has 2 aromatic heterocycles. The van der Waals surface area contributed by atoms with Gasteiger partial charge in [-0.05, 0) is 63.8 Å². The molecule has 0 fully saturated rings. The van der Waals surface area contributed by atoms with E-state index in [1.165, 1.54) is 17.0 Å². The zero-order valence-electron chi connectivity index (χ0n) is 20.1. The molecule has 38 heavy (non-hydrogen) atoms. The van der Waals surface area contributed by atoms with Crippen molar-refractivity contribution < 1.29 is 13.6 Å². The second-order valence-corrected chi connectivity index (χ2v) is 9.45. The maximum Gasteiger partial charge on any atom is 0.254 e. The molecule has 2 heterocycles. The summed E-state index contributed by atoms with van der Waals surface area (Å²) >= 11 is 1.57. The fourth-order valence-electron chi connectivity index (χ4n) is 4.08. The molecule has 0 radical (unpaired) electrons. The van der Waals surface area contributed by atoms with Gasteiger partial charge in [-0.15, -0.1) is 10.2 Å². The Morgan fingerprint density at radius 2 is 1.84 bits per heavy atom. The molecule has 0 aliphatic rings. The van der Waals surface area contributed by atoms with Gasteiger partial charge < -0.3 is 9.47 Å². The van der Waals surface area contributed by atoms with Crippen LogP contribution in [0.25, 0.3) is 11.1 Å². The van der Waals surface area contributed by atoms with Crippen molar-refractivity contribution in [3.8, 4) is 17.2 Å². The molecule has 0 saturated carbocycles. The molecule has 5 aromatic rings. The van der Waals surface area contributed by atoms with Crippen molar-refractivity contribution in [3.05, 3.63) is 130 Å². The van der Waals surface area contributed by atoms with Gasteiger partial charge in [-0.2, -0.15) is 16.6 Å². The first-order valence-corrected chi connectivity index (χ1v) is 12.7. The van der Waals surface area contributed by atoms with Crippen LogP contribution < -0.4 is 0 Å². The minimum Gasteiger partial charge on any atom is -0.327 e. The summed E-state index contributed by atoms with van der Waals surface area (Å²) in [5.41, 5.74) is 4.01. The predicted molar refractivity (Wildman–Crippen MR) is 140 cm³/mol. The van der Waals surface area contributed by atoms with Crippen LogP contribution in [0.5, 0.6) is 0 Å². The average molecular weight is 526 g/mol. The van der Waals surface area contributed by atoms with Crippen LogP contribution in [0.2, 0.25) is 0 Å². The lowest BCUT2D eigenvalue weighted by Crippen LogP contribution is -2.32. The lowest BCUT2D eigenvalue weighted by atomic mass is 10.0. The molecule has 0 spiro atoms. The molecule has 0 N–H and O–H groups in total. The first-order valence-electron chi connectivity index (χ1n) is 11.7.